The van der Waals surface area contributed by atoms with Gasteiger partial charge in [0.25, 0.3) is 0 Å². The molecule has 0 aromatic heterocycles. The zero-order chi connectivity index (χ0) is 19.5. The molecule has 6 heteroatoms. The van der Waals surface area contributed by atoms with Crippen LogP contribution in [-0.4, -0.2) is 25.0 Å². The molecule has 0 bridgehead atoms. The largest absolute Gasteiger partial charge is 0.489 e. The summed E-state index contributed by atoms with van der Waals surface area (Å²) in [4.78, 5) is 15.9. The topological polar surface area (TPSA) is 88.7 Å². The average Bonchev–Trinajstić information content (AvgIpc) is 2.69. The molecule has 0 radical (unpaired) electrons. The van der Waals surface area contributed by atoms with Crippen LogP contribution >= 0.6 is 0 Å². The van der Waals surface area contributed by atoms with Gasteiger partial charge in [-0.25, -0.2) is 4.99 Å². The molecule has 0 heterocycles. The summed E-state index contributed by atoms with van der Waals surface area (Å²) in [6.45, 7) is 7.88. The summed E-state index contributed by atoms with van der Waals surface area (Å²) in [6, 6.07) is 15.0. The Bertz CT molecular complexity index is 802. The molecule has 6 nitrogen and oxygen atoms in total. The van der Waals surface area contributed by atoms with Gasteiger partial charge in [-0.05, 0) is 30.7 Å². The maximum atomic E-state index is 11.3. The first-order valence-electron chi connectivity index (χ1n) is 8.86. The molecule has 0 fully saturated rings. The fraction of sp³-hybridized carbons (Fsp3) is 0.238. The highest BCUT2D eigenvalue weighted by atomic mass is 16.5. The van der Waals surface area contributed by atoms with Gasteiger partial charge in [-0.15, -0.1) is 0 Å². The molecule has 142 valence electrons. The van der Waals surface area contributed by atoms with Gasteiger partial charge in [0, 0.05) is 24.2 Å². The average molecular weight is 366 g/mol. The Labute approximate surface area is 160 Å². The van der Waals surface area contributed by atoms with Gasteiger partial charge in [-0.3, -0.25) is 4.79 Å². The fourth-order valence-corrected chi connectivity index (χ4v) is 2.45. The van der Waals surface area contributed by atoms with Gasteiger partial charge >= 0.3 is 0 Å². The molecule has 0 aliphatic heterocycles. The second kappa shape index (κ2) is 10.7. The molecule has 4 N–H and O–H groups in total. The molecule has 2 aromatic carbocycles. The van der Waals surface area contributed by atoms with Crippen LogP contribution in [0.2, 0.25) is 0 Å². The highest BCUT2D eigenvalue weighted by molar-refractivity contribution is 5.92. The molecule has 0 atom stereocenters. The number of nitrogens with zero attached hydrogens (tertiary/aromatic N) is 1. The number of aliphatic imine (C=N–C) groups is 1. The highest BCUT2D eigenvalue weighted by Gasteiger charge is 2.05. The van der Waals surface area contributed by atoms with Crippen LogP contribution in [0, 0.1) is 0 Å². The molecular formula is C21H26N4O2. The molecule has 0 aliphatic rings. The first kappa shape index (κ1) is 20.0. The van der Waals surface area contributed by atoms with Crippen molar-refractivity contribution >= 4 is 11.9 Å². The minimum atomic E-state index is -0.443. The lowest BCUT2D eigenvalue weighted by Gasteiger charge is -2.14. The van der Waals surface area contributed by atoms with Gasteiger partial charge in [-0.1, -0.05) is 43.0 Å². The first-order chi connectivity index (χ1) is 13.1. The predicted molar refractivity (Wildman–Crippen MR) is 109 cm³/mol. The van der Waals surface area contributed by atoms with Crippen LogP contribution in [0.5, 0.6) is 5.75 Å². The molecule has 2 aromatic rings. The standard InChI is InChI=1S/C21H26N4O2/c1-3-12-27-19-11-6-5-9-18(19)15-25-21(23-4-2)24-14-16-8-7-10-17(13-16)20(22)26/h3,5-11,13H,1,4,12,14-15H2,2H3,(H2,22,26)(H2,23,24,25). The van der Waals surface area contributed by atoms with Crippen molar-refractivity contribution in [2.24, 2.45) is 10.7 Å². The lowest BCUT2D eigenvalue weighted by molar-refractivity contribution is 0.1000. The van der Waals surface area contributed by atoms with Crippen molar-refractivity contribution in [1.29, 1.82) is 0 Å². The summed E-state index contributed by atoms with van der Waals surface area (Å²) < 4.78 is 5.68. The second-order valence-corrected chi connectivity index (χ2v) is 5.82. The normalized spacial score (nSPS) is 10.9. The van der Waals surface area contributed by atoms with E-state index in [9.17, 15) is 4.79 Å². The van der Waals surface area contributed by atoms with E-state index in [1.165, 1.54) is 0 Å². The number of ether oxygens (including phenoxy) is 1. The number of rotatable bonds is 9. The number of primary amides is 1. The molecule has 0 unspecified atom stereocenters. The van der Waals surface area contributed by atoms with E-state index < -0.39 is 5.91 Å². The zero-order valence-electron chi connectivity index (χ0n) is 15.6. The molecule has 1 amide bonds. The lowest BCUT2D eigenvalue weighted by Crippen LogP contribution is -2.36. The Morgan fingerprint density at radius 1 is 1.22 bits per heavy atom. The smallest absolute Gasteiger partial charge is 0.248 e. The maximum Gasteiger partial charge on any atom is 0.248 e. The number of benzene rings is 2. The number of nitrogens with two attached hydrogens (primary N) is 1. The van der Waals surface area contributed by atoms with Crippen LogP contribution < -0.4 is 21.1 Å². The molecule has 0 saturated carbocycles. The van der Waals surface area contributed by atoms with E-state index in [4.69, 9.17) is 10.5 Å². The van der Waals surface area contributed by atoms with Gasteiger partial charge in [0.1, 0.15) is 12.4 Å². The first-order valence-corrected chi connectivity index (χ1v) is 8.86. The van der Waals surface area contributed by atoms with Crippen molar-refractivity contribution in [1.82, 2.24) is 10.6 Å². The zero-order valence-corrected chi connectivity index (χ0v) is 15.6. The molecule has 2 rings (SSSR count). The van der Waals surface area contributed by atoms with Crippen LogP contribution in [0.15, 0.2) is 66.2 Å². The number of nitrogens with one attached hydrogen (secondary N) is 2. The quantitative estimate of drug-likeness (QED) is 0.362. The number of guanidine groups is 1. The summed E-state index contributed by atoms with van der Waals surface area (Å²) in [5, 5.41) is 6.52. The van der Waals surface area contributed by atoms with Gasteiger partial charge in [0.15, 0.2) is 5.96 Å². The van der Waals surface area contributed by atoms with E-state index in [1.54, 1.807) is 24.3 Å². The van der Waals surface area contributed by atoms with E-state index in [0.29, 0.717) is 31.2 Å². The van der Waals surface area contributed by atoms with Gasteiger partial charge in [-0.2, -0.15) is 0 Å². The maximum absolute atomic E-state index is 11.3. The third-order valence-electron chi connectivity index (χ3n) is 3.75. The molecule has 27 heavy (non-hydrogen) atoms. The van der Waals surface area contributed by atoms with E-state index in [1.807, 2.05) is 37.3 Å². The van der Waals surface area contributed by atoms with Crippen molar-refractivity contribution < 1.29 is 9.53 Å². The van der Waals surface area contributed by atoms with Crippen molar-refractivity contribution in [2.45, 2.75) is 20.0 Å². The minimum absolute atomic E-state index is 0.436. The van der Waals surface area contributed by atoms with Crippen LogP contribution in [0.25, 0.3) is 0 Å². The predicted octanol–water partition coefficient (Wildman–Crippen LogP) is 2.61. The number of para-hydroxylation sites is 1. The molecule has 0 spiro atoms. The number of hydrogen-bond donors (Lipinski definition) is 3. The SMILES string of the molecule is C=CCOc1ccccc1CNC(=NCc1cccc(C(N)=O)c1)NCC. The third kappa shape index (κ3) is 6.51. The van der Waals surface area contributed by atoms with Crippen molar-refractivity contribution in [3.8, 4) is 5.75 Å². The van der Waals surface area contributed by atoms with Crippen molar-refractivity contribution in [3.63, 3.8) is 0 Å². The van der Waals surface area contributed by atoms with Gasteiger partial charge in [0.05, 0.1) is 6.54 Å². The monoisotopic (exact) mass is 366 g/mol. The van der Waals surface area contributed by atoms with E-state index in [-0.39, 0.29) is 0 Å². The van der Waals surface area contributed by atoms with Gasteiger partial charge in [0.2, 0.25) is 5.91 Å². The van der Waals surface area contributed by atoms with Crippen LogP contribution in [0.1, 0.15) is 28.4 Å². The molecule has 0 saturated heterocycles. The summed E-state index contributed by atoms with van der Waals surface area (Å²) in [6.07, 6.45) is 1.72. The Morgan fingerprint density at radius 3 is 2.78 bits per heavy atom. The van der Waals surface area contributed by atoms with Crippen molar-refractivity contribution in [3.05, 3.63) is 77.9 Å². The van der Waals surface area contributed by atoms with Crippen LogP contribution in [0.3, 0.4) is 0 Å². The minimum Gasteiger partial charge on any atom is -0.489 e. The van der Waals surface area contributed by atoms with E-state index in [2.05, 4.69) is 22.2 Å². The molecular weight excluding hydrogens is 340 g/mol. The highest BCUT2D eigenvalue weighted by Crippen LogP contribution is 2.17. The Kier molecular flexibility index (Phi) is 7.91. The van der Waals surface area contributed by atoms with Gasteiger partial charge < -0.3 is 21.1 Å². The summed E-state index contributed by atoms with van der Waals surface area (Å²) >= 11 is 0. The number of hydrogen-bond acceptors (Lipinski definition) is 3. The number of amides is 1. The van der Waals surface area contributed by atoms with Crippen LogP contribution in [0.4, 0.5) is 0 Å². The Balaban J connectivity index is 2.05. The fourth-order valence-electron chi connectivity index (χ4n) is 2.45. The third-order valence-corrected chi connectivity index (χ3v) is 3.75. The Hall–Kier alpha value is -3.28. The molecule has 0 aliphatic carbocycles. The van der Waals surface area contributed by atoms with Crippen LogP contribution in [-0.2, 0) is 13.1 Å². The van der Waals surface area contributed by atoms with E-state index >= 15 is 0 Å². The summed E-state index contributed by atoms with van der Waals surface area (Å²) in [7, 11) is 0. The lowest BCUT2D eigenvalue weighted by atomic mass is 10.1. The van der Waals surface area contributed by atoms with Crippen molar-refractivity contribution in [2.75, 3.05) is 13.2 Å². The Morgan fingerprint density at radius 2 is 2.04 bits per heavy atom. The summed E-state index contributed by atoms with van der Waals surface area (Å²) in [5.41, 5.74) is 7.75. The number of carbonyl (C=O) groups is 1. The summed E-state index contributed by atoms with van der Waals surface area (Å²) in [5.74, 6) is 1.05. The van der Waals surface area contributed by atoms with E-state index in [0.717, 1.165) is 23.4 Å². The number of carbonyl (C=O) groups excluding carboxylic acids is 1. The second-order valence-electron chi connectivity index (χ2n) is 5.82.